The molecule has 224 valence electrons. The molecule has 0 aromatic heterocycles. The number of carbonyl (C=O) groups excluding carboxylic acids is 3. The minimum atomic E-state index is -0.697. The lowest BCUT2D eigenvalue weighted by atomic mass is 9.95. The third kappa shape index (κ3) is 6.83. The van der Waals surface area contributed by atoms with E-state index >= 15 is 0 Å². The first kappa shape index (κ1) is 29.7. The van der Waals surface area contributed by atoms with E-state index in [4.69, 9.17) is 9.47 Å². The molecule has 2 heterocycles. The zero-order valence-corrected chi connectivity index (χ0v) is 24.8. The number of para-hydroxylation sites is 2. The van der Waals surface area contributed by atoms with Crippen LogP contribution in [-0.4, -0.2) is 59.9 Å². The van der Waals surface area contributed by atoms with Gasteiger partial charge >= 0.3 is 6.03 Å². The number of nitrogens with zero attached hydrogens (tertiary/aromatic N) is 2. The van der Waals surface area contributed by atoms with Gasteiger partial charge in [-0.15, -0.1) is 0 Å². The molecule has 0 bridgehead atoms. The van der Waals surface area contributed by atoms with Crippen LogP contribution in [-0.2, 0) is 9.59 Å². The van der Waals surface area contributed by atoms with Gasteiger partial charge in [-0.3, -0.25) is 14.5 Å². The molecule has 0 radical (unpaired) electrons. The summed E-state index contributed by atoms with van der Waals surface area (Å²) in [5.74, 6) is 1.67. The summed E-state index contributed by atoms with van der Waals surface area (Å²) in [4.78, 5) is 44.1. The maximum Gasteiger partial charge on any atom is 0.322 e. The van der Waals surface area contributed by atoms with Crippen LogP contribution < -0.4 is 20.1 Å². The Balaban J connectivity index is 1.36. The number of nitrogens with one attached hydrogen (secondary N) is 2. The van der Waals surface area contributed by atoms with Crippen LogP contribution in [0.1, 0.15) is 38.8 Å². The average Bonchev–Trinajstić information content (AvgIpc) is 3.35. The van der Waals surface area contributed by atoms with E-state index in [2.05, 4.69) is 10.6 Å². The maximum absolute atomic E-state index is 14.2. The van der Waals surface area contributed by atoms with Crippen molar-refractivity contribution in [2.24, 2.45) is 5.92 Å². The Morgan fingerprint density at radius 1 is 0.953 bits per heavy atom. The van der Waals surface area contributed by atoms with Crippen LogP contribution >= 0.6 is 0 Å². The summed E-state index contributed by atoms with van der Waals surface area (Å²) in [5, 5.41) is 5.98. The zero-order valence-electron chi connectivity index (χ0n) is 24.8. The fourth-order valence-electron chi connectivity index (χ4n) is 5.53. The van der Waals surface area contributed by atoms with Crippen molar-refractivity contribution in [3.05, 3.63) is 102 Å². The second-order valence-electron chi connectivity index (χ2n) is 11.0. The molecule has 0 saturated carbocycles. The maximum atomic E-state index is 14.2. The number of ether oxygens (including phenoxy) is 2. The molecule has 2 atom stereocenters. The number of hydrogen-bond acceptors (Lipinski definition) is 5. The largest absolute Gasteiger partial charge is 0.492 e. The van der Waals surface area contributed by atoms with E-state index < -0.39 is 12.1 Å². The van der Waals surface area contributed by atoms with Gasteiger partial charge in [0, 0.05) is 6.54 Å². The number of likely N-dealkylation sites (N-methyl/N-ethyl adjacent to an activating group) is 1. The van der Waals surface area contributed by atoms with Gasteiger partial charge in [-0.1, -0.05) is 62.4 Å². The van der Waals surface area contributed by atoms with Gasteiger partial charge in [0.1, 0.15) is 29.9 Å². The van der Waals surface area contributed by atoms with E-state index in [9.17, 15) is 14.4 Å². The molecule has 3 aromatic carbocycles. The molecular formula is C34H38N4O5. The number of rotatable bonds is 12. The van der Waals surface area contributed by atoms with Gasteiger partial charge in [0.2, 0.25) is 5.91 Å². The van der Waals surface area contributed by atoms with Crippen molar-refractivity contribution in [2.45, 2.75) is 39.3 Å². The Labute approximate surface area is 252 Å². The standard InChI is InChI=1S/C34H38N4O5/c1-4-37-29-22-38(28(20-23(2)3)32(39)35-18-19-42-25-13-7-5-8-14-25)33(40)30(29)31(36-34(37)41)24-12-11-17-27(21-24)43-26-15-9-6-10-16-26/h5-17,21,23,28,31H,4,18-20,22H2,1-3H3,(H,35,39)(H,36,41)/t28-,31-/m1/s1. The molecule has 9 nitrogen and oxygen atoms in total. The smallest absolute Gasteiger partial charge is 0.322 e. The molecule has 2 aliphatic rings. The SMILES string of the molecule is CCN1C(=O)N[C@H](c2cccc(Oc3ccccc3)c2)C2=C1CN([C@H](CC(C)C)C(=O)NCCOc1ccccc1)C2=O. The normalized spacial score (nSPS) is 17.1. The third-order valence-corrected chi connectivity index (χ3v) is 7.52. The fraction of sp³-hybridized carbons (Fsp3) is 0.324. The third-order valence-electron chi connectivity index (χ3n) is 7.52. The molecular weight excluding hydrogens is 544 g/mol. The Kier molecular flexibility index (Phi) is 9.29. The predicted molar refractivity (Wildman–Crippen MR) is 164 cm³/mol. The zero-order chi connectivity index (χ0) is 30.3. The van der Waals surface area contributed by atoms with Crippen molar-refractivity contribution in [1.29, 1.82) is 0 Å². The second-order valence-corrected chi connectivity index (χ2v) is 11.0. The first-order valence-corrected chi connectivity index (χ1v) is 14.8. The highest BCUT2D eigenvalue weighted by Gasteiger charge is 2.46. The van der Waals surface area contributed by atoms with Crippen molar-refractivity contribution in [3.8, 4) is 17.2 Å². The lowest BCUT2D eigenvalue weighted by Crippen LogP contribution is -2.50. The molecule has 0 aliphatic carbocycles. The number of benzene rings is 3. The Hall–Kier alpha value is -4.79. The molecule has 2 aliphatic heterocycles. The molecule has 3 aromatic rings. The van der Waals surface area contributed by atoms with Crippen molar-refractivity contribution >= 4 is 17.8 Å². The fourth-order valence-corrected chi connectivity index (χ4v) is 5.53. The summed E-state index contributed by atoms with van der Waals surface area (Å²) in [6.07, 6.45) is 0.482. The average molecular weight is 583 g/mol. The molecule has 4 amide bonds. The summed E-state index contributed by atoms with van der Waals surface area (Å²) in [5.41, 5.74) is 1.83. The summed E-state index contributed by atoms with van der Waals surface area (Å²) in [7, 11) is 0. The van der Waals surface area contributed by atoms with Gasteiger partial charge < -0.3 is 25.0 Å². The van der Waals surface area contributed by atoms with Gasteiger partial charge in [-0.2, -0.15) is 0 Å². The van der Waals surface area contributed by atoms with Gasteiger partial charge in [0.15, 0.2) is 0 Å². The van der Waals surface area contributed by atoms with Crippen LogP contribution in [0.5, 0.6) is 17.2 Å². The molecule has 2 N–H and O–H groups in total. The molecule has 0 unspecified atom stereocenters. The second kappa shape index (κ2) is 13.5. The van der Waals surface area contributed by atoms with Gasteiger partial charge in [-0.25, -0.2) is 4.79 Å². The van der Waals surface area contributed by atoms with Gasteiger partial charge in [0.05, 0.1) is 30.4 Å². The first-order valence-electron chi connectivity index (χ1n) is 14.8. The van der Waals surface area contributed by atoms with Crippen molar-refractivity contribution in [1.82, 2.24) is 20.4 Å². The van der Waals surface area contributed by atoms with Crippen LogP contribution in [0.15, 0.2) is 96.2 Å². The van der Waals surface area contributed by atoms with E-state index in [0.29, 0.717) is 48.9 Å². The summed E-state index contributed by atoms with van der Waals surface area (Å²) >= 11 is 0. The molecule has 5 rings (SSSR count). The van der Waals surface area contributed by atoms with E-state index in [1.54, 1.807) is 9.80 Å². The van der Waals surface area contributed by atoms with Crippen LogP contribution in [0.25, 0.3) is 0 Å². The van der Waals surface area contributed by atoms with E-state index in [1.165, 1.54) is 0 Å². The number of carbonyl (C=O) groups is 3. The quantitative estimate of drug-likeness (QED) is 0.284. The van der Waals surface area contributed by atoms with E-state index in [1.807, 2.05) is 106 Å². The minimum absolute atomic E-state index is 0.159. The minimum Gasteiger partial charge on any atom is -0.492 e. The summed E-state index contributed by atoms with van der Waals surface area (Å²) in [6.45, 7) is 7.10. The van der Waals surface area contributed by atoms with Crippen molar-refractivity contribution < 1.29 is 23.9 Å². The van der Waals surface area contributed by atoms with Crippen LogP contribution in [0, 0.1) is 5.92 Å². The Morgan fingerprint density at radius 3 is 2.30 bits per heavy atom. The topological polar surface area (TPSA) is 100 Å². The molecule has 0 saturated heterocycles. The Bertz CT molecular complexity index is 1470. The number of hydrogen-bond donors (Lipinski definition) is 2. The first-order chi connectivity index (χ1) is 20.9. The number of amides is 4. The Morgan fingerprint density at radius 2 is 1.63 bits per heavy atom. The lowest BCUT2D eigenvalue weighted by molar-refractivity contribution is -0.137. The van der Waals surface area contributed by atoms with E-state index in [-0.39, 0.29) is 30.3 Å². The molecule has 0 fully saturated rings. The number of urea groups is 1. The van der Waals surface area contributed by atoms with Crippen LogP contribution in [0.3, 0.4) is 0 Å². The van der Waals surface area contributed by atoms with Crippen molar-refractivity contribution in [2.75, 3.05) is 26.2 Å². The monoisotopic (exact) mass is 582 g/mol. The molecule has 0 spiro atoms. The highest BCUT2D eigenvalue weighted by molar-refractivity contribution is 6.03. The van der Waals surface area contributed by atoms with Crippen LogP contribution in [0.4, 0.5) is 4.79 Å². The molecule has 43 heavy (non-hydrogen) atoms. The van der Waals surface area contributed by atoms with Gasteiger partial charge in [0.25, 0.3) is 5.91 Å². The van der Waals surface area contributed by atoms with E-state index in [0.717, 1.165) is 11.3 Å². The highest BCUT2D eigenvalue weighted by Crippen LogP contribution is 2.38. The lowest BCUT2D eigenvalue weighted by Gasteiger charge is -2.33. The highest BCUT2D eigenvalue weighted by atomic mass is 16.5. The molecule has 9 heteroatoms. The van der Waals surface area contributed by atoms with Crippen molar-refractivity contribution in [3.63, 3.8) is 0 Å². The predicted octanol–water partition coefficient (Wildman–Crippen LogP) is 5.27. The van der Waals surface area contributed by atoms with Crippen LogP contribution in [0.2, 0.25) is 0 Å². The van der Waals surface area contributed by atoms with Gasteiger partial charge in [-0.05, 0) is 61.2 Å². The summed E-state index contributed by atoms with van der Waals surface area (Å²) < 4.78 is 11.8. The summed E-state index contributed by atoms with van der Waals surface area (Å²) in [6, 6.07) is 24.6.